The Bertz CT molecular complexity index is 630. The van der Waals surface area contributed by atoms with Gasteiger partial charge in [0, 0.05) is 17.3 Å². The van der Waals surface area contributed by atoms with Crippen LogP contribution < -0.4 is 5.73 Å². The van der Waals surface area contributed by atoms with Gasteiger partial charge < -0.3 is 5.73 Å². The summed E-state index contributed by atoms with van der Waals surface area (Å²) < 4.78 is 0. The number of thioether (sulfide) groups is 1. The molecule has 0 unspecified atom stereocenters. The second-order valence-electron chi connectivity index (χ2n) is 3.76. The normalized spacial score (nSPS) is 10.2. The first-order chi connectivity index (χ1) is 8.72. The molecule has 0 fully saturated rings. The maximum atomic E-state index is 8.93. The summed E-state index contributed by atoms with van der Waals surface area (Å²) in [6, 6.07) is 10.0. The summed E-state index contributed by atoms with van der Waals surface area (Å²) in [6.45, 7) is 0. The van der Waals surface area contributed by atoms with Gasteiger partial charge >= 0.3 is 0 Å². The molecule has 0 aliphatic carbocycles. The van der Waals surface area contributed by atoms with Gasteiger partial charge in [-0.15, -0.1) is 0 Å². The van der Waals surface area contributed by atoms with Crippen molar-refractivity contribution in [2.24, 2.45) is 5.73 Å². The Kier molecular flexibility index (Phi) is 3.80. The van der Waals surface area contributed by atoms with E-state index in [0.29, 0.717) is 12.2 Å². The first-order valence-electron chi connectivity index (χ1n) is 5.41. The van der Waals surface area contributed by atoms with Gasteiger partial charge in [-0.1, -0.05) is 36.0 Å². The van der Waals surface area contributed by atoms with E-state index < -0.39 is 0 Å². The van der Waals surface area contributed by atoms with Crippen molar-refractivity contribution in [3.8, 4) is 6.07 Å². The molecule has 3 N–H and O–H groups in total. The molecule has 0 radical (unpaired) electrons. The van der Waals surface area contributed by atoms with E-state index in [9.17, 15) is 0 Å². The molecule has 0 spiro atoms. The second-order valence-corrected chi connectivity index (χ2v) is 4.78. The molecule has 0 saturated heterocycles. The first-order valence-corrected chi connectivity index (χ1v) is 6.40. The van der Waals surface area contributed by atoms with Crippen LogP contribution in [0.1, 0.15) is 11.3 Å². The van der Waals surface area contributed by atoms with Crippen molar-refractivity contribution >= 4 is 27.7 Å². The highest BCUT2D eigenvalue weighted by atomic mass is 32.2. The summed E-state index contributed by atoms with van der Waals surface area (Å²) in [5, 5.41) is 18.3. The van der Waals surface area contributed by atoms with Crippen LogP contribution in [0.3, 0.4) is 0 Å². The van der Waals surface area contributed by atoms with E-state index in [1.165, 1.54) is 11.8 Å². The molecular formula is C13H12N4S. The minimum atomic E-state index is 0.0628. The molecule has 0 aliphatic rings. The molecule has 1 aromatic heterocycles. The molecule has 5 heteroatoms. The summed E-state index contributed by atoms with van der Waals surface area (Å²) >= 11 is 1.22. The molecule has 2 rings (SSSR count). The van der Waals surface area contributed by atoms with Crippen molar-refractivity contribution < 1.29 is 0 Å². The smallest absolute Gasteiger partial charge is 0.151 e. The van der Waals surface area contributed by atoms with Crippen molar-refractivity contribution in [3.05, 3.63) is 41.7 Å². The Morgan fingerprint density at radius 1 is 1.44 bits per heavy atom. The van der Waals surface area contributed by atoms with Crippen LogP contribution >= 0.6 is 11.8 Å². The number of aromatic nitrogens is 1. The zero-order valence-electron chi connectivity index (χ0n) is 9.68. The highest BCUT2D eigenvalue weighted by Gasteiger charge is 2.09. The van der Waals surface area contributed by atoms with Gasteiger partial charge in [-0.25, -0.2) is 0 Å². The quantitative estimate of drug-likeness (QED) is 0.652. The maximum absolute atomic E-state index is 8.93. The van der Waals surface area contributed by atoms with Crippen molar-refractivity contribution in [1.82, 2.24) is 4.98 Å². The zero-order chi connectivity index (χ0) is 13.0. The van der Waals surface area contributed by atoms with Gasteiger partial charge in [0.25, 0.3) is 0 Å². The summed E-state index contributed by atoms with van der Waals surface area (Å²) in [5.74, 6) is 0.525. The Morgan fingerprint density at radius 3 is 2.94 bits per heavy atom. The molecule has 0 saturated carbocycles. The van der Waals surface area contributed by atoms with Gasteiger partial charge in [0.1, 0.15) is 0 Å². The van der Waals surface area contributed by atoms with Crippen LogP contribution in [0.25, 0.3) is 10.8 Å². The molecule has 18 heavy (non-hydrogen) atoms. The van der Waals surface area contributed by atoms with Crippen LogP contribution in [0.5, 0.6) is 0 Å². The first kappa shape index (κ1) is 12.4. The topological polar surface area (TPSA) is 86.5 Å². The Balaban J connectivity index is 2.49. The number of hydrogen-bond acceptors (Lipinski definition) is 4. The number of hydrogen-bond donors (Lipinski definition) is 2. The fourth-order valence-electron chi connectivity index (χ4n) is 1.81. The standard InChI is InChI=1S/C13H12N4S/c14-6-5-11-10-4-2-1-3-9(10)7-17-12(11)8-18-13(15)16/h1-4,7H,5,8H2,(H3,15,16). The van der Waals surface area contributed by atoms with Gasteiger partial charge in [-0.3, -0.25) is 10.4 Å². The van der Waals surface area contributed by atoms with Crippen LogP contribution in [0.15, 0.2) is 30.5 Å². The van der Waals surface area contributed by atoms with Crippen molar-refractivity contribution in [2.75, 3.05) is 0 Å². The number of nitrogens with one attached hydrogen (secondary N) is 1. The van der Waals surface area contributed by atoms with E-state index in [1.54, 1.807) is 6.20 Å². The molecule has 1 aromatic carbocycles. The molecule has 0 atom stereocenters. The van der Waals surface area contributed by atoms with E-state index in [1.807, 2.05) is 24.3 Å². The lowest BCUT2D eigenvalue weighted by Gasteiger charge is -2.09. The number of nitrogens with two attached hydrogens (primary N) is 1. The molecule has 0 amide bonds. The minimum absolute atomic E-state index is 0.0628. The summed E-state index contributed by atoms with van der Waals surface area (Å²) in [7, 11) is 0. The summed E-state index contributed by atoms with van der Waals surface area (Å²) in [4.78, 5) is 4.37. The van der Waals surface area contributed by atoms with Gasteiger partial charge in [0.2, 0.25) is 0 Å². The van der Waals surface area contributed by atoms with E-state index in [0.717, 1.165) is 22.0 Å². The number of pyridine rings is 1. The minimum Gasteiger partial charge on any atom is -0.379 e. The van der Waals surface area contributed by atoms with Crippen LogP contribution in [0.4, 0.5) is 0 Å². The van der Waals surface area contributed by atoms with Gasteiger partial charge in [0.05, 0.1) is 18.2 Å². The fourth-order valence-corrected chi connectivity index (χ4v) is 2.35. The largest absolute Gasteiger partial charge is 0.379 e. The maximum Gasteiger partial charge on any atom is 0.151 e. The number of amidine groups is 1. The molecule has 2 aromatic rings. The Hall–Kier alpha value is -2.06. The van der Waals surface area contributed by atoms with Crippen LogP contribution in [0.2, 0.25) is 0 Å². The van der Waals surface area contributed by atoms with Crippen molar-refractivity contribution in [1.29, 1.82) is 10.7 Å². The molecule has 1 heterocycles. The van der Waals surface area contributed by atoms with E-state index in [2.05, 4.69) is 11.1 Å². The third-order valence-electron chi connectivity index (χ3n) is 2.61. The summed E-state index contributed by atoms with van der Waals surface area (Å²) in [6.07, 6.45) is 2.12. The van der Waals surface area contributed by atoms with Crippen molar-refractivity contribution in [2.45, 2.75) is 12.2 Å². The predicted octanol–water partition coefficient (Wildman–Crippen LogP) is 2.43. The Morgan fingerprint density at radius 2 is 2.22 bits per heavy atom. The van der Waals surface area contributed by atoms with E-state index in [4.69, 9.17) is 16.4 Å². The number of benzene rings is 1. The predicted molar refractivity (Wildman–Crippen MR) is 74.3 cm³/mol. The summed E-state index contributed by atoms with van der Waals surface area (Å²) in [5.41, 5.74) is 7.09. The lowest BCUT2D eigenvalue weighted by atomic mass is 10.0. The monoisotopic (exact) mass is 256 g/mol. The second kappa shape index (κ2) is 5.52. The van der Waals surface area contributed by atoms with Crippen LogP contribution in [-0.4, -0.2) is 10.2 Å². The third-order valence-corrected chi connectivity index (χ3v) is 3.34. The van der Waals surface area contributed by atoms with Gasteiger partial charge in [0.15, 0.2) is 5.17 Å². The molecular weight excluding hydrogens is 244 g/mol. The molecule has 4 nitrogen and oxygen atoms in total. The van der Waals surface area contributed by atoms with Gasteiger partial charge in [-0.2, -0.15) is 5.26 Å². The SMILES string of the molecule is N#CCc1c(CSC(=N)N)ncc2ccccc12. The average Bonchev–Trinajstić information content (AvgIpc) is 2.38. The van der Waals surface area contributed by atoms with E-state index in [-0.39, 0.29) is 5.17 Å². The number of nitrogens with zero attached hydrogens (tertiary/aromatic N) is 2. The molecule has 90 valence electrons. The van der Waals surface area contributed by atoms with Gasteiger partial charge in [-0.05, 0) is 10.9 Å². The average molecular weight is 256 g/mol. The molecule has 0 bridgehead atoms. The lowest BCUT2D eigenvalue weighted by molar-refractivity contribution is 1.11. The zero-order valence-corrected chi connectivity index (χ0v) is 10.5. The lowest BCUT2D eigenvalue weighted by Crippen LogP contribution is -2.05. The molecule has 0 aliphatic heterocycles. The highest BCUT2D eigenvalue weighted by molar-refractivity contribution is 8.13. The number of rotatable bonds is 3. The van der Waals surface area contributed by atoms with Crippen molar-refractivity contribution in [3.63, 3.8) is 0 Å². The third kappa shape index (κ3) is 2.60. The fraction of sp³-hybridized carbons (Fsp3) is 0.154. The Labute approximate surface area is 109 Å². The van der Waals surface area contributed by atoms with Crippen LogP contribution in [0, 0.1) is 16.7 Å². The number of nitriles is 1. The van der Waals surface area contributed by atoms with Crippen LogP contribution in [-0.2, 0) is 12.2 Å². The van der Waals surface area contributed by atoms with E-state index >= 15 is 0 Å². The highest BCUT2D eigenvalue weighted by Crippen LogP contribution is 2.23. The number of fused-ring (bicyclic) bond motifs is 1.